The van der Waals surface area contributed by atoms with Crippen molar-refractivity contribution < 1.29 is 14.6 Å². The van der Waals surface area contributed by atoms with E-state index >= 15 is 0 Å². The fraction of sp³-hybridized carbons (Fsp3) is 0.533. The fourth-order valence-corrected chi connectivity index (χ4v) is 2.71. The summed E-state index contributed by atoms with van der Waals surface area (Å²) in [6.07, 6.45) is 3.28. The summed E-state index contributed by atoms with van der Waals surface area (Å²) in [4.78, 5) is 12.7. The van der Waals surface area contributed by atoms with Crippen LogP contribution in [-0.4, -0.2) is 41.7 Å². The highest BCUT2D eigenvalue weighted by atomic mass is 16.5. The third kappa shape index (κ3) is 4.04. The predicted octanol–water partition coefficient (Wildman–Crippen LogP) is 2.14. The molecule has 0 heterocycles. The molecule has 4 heteroatoms. The highest BCUT2D eigenvalue weighted by molar-refractivity contribution is 5.69. The molecule has 1 N–H and O–H groups in total. The lowest BCUT2D eigenvalue weighted by atomic mass is 10.2. The molecule has 0 bridgehead atoms. The van der Waals surface area contributed by atoms with Crippen LogP contribution in [0.4, 0.5) is 0 Å². The monoisotopic (exact) mass is 263 g/mol. The van der Waals surface area contributed by atoms with E-state index in [1.165, 1.54) is 0 Å². The SMILES string of the molecule is CN(CC(=O)O)[C@@H]1CCC[C@H]1OCc1ccccc1. The highest BCUT2D eigenvalue weighted by Gasteiger charge is 2.31. The van der Waals surface area contributed by atoms with Gasteiger partial charge in [-0.05, 0) is 31.9 Å². The Morgan fingerprint density at radius 2 is 2.11 bits per heavy atom. The summed E-state index contributed by atoms with van der Waals surface area (Å²) in [5.74, 6) is -0.781. The zero-order chi connectivity index (χ0) is 13.7. The number of carboxylic acids is 1. The molecule has 0 aromatic heterocycles. The lowest BCUT2D eigenvalue weighted by Crippen LogP contribution is -2.41. The van der Waals surface area contributed by atoms with Crippen molar-refractivity contribution >= 4 is 5.97 Å². The van der Waals surface area contributed by atoms with Crippen LogP contribution in [0, 0.1) is 0 Å². The maximum atomic E-state index is 10.8. The van der Waals surface area contributed by atoms with Gasteiger partial charge in [0.1, 0.15) is 0 Å². The van der Waals surface area contributed by atoms with Gasteiger partial charge in [0.15, 0.2) is 0 Å². The van der Waals surface area contributed by atoms with E-state index in [0.29, 0.717) is 6.61 Å². The van der Waals surface area contributed by atoms with Gasteiger partial charge in [-0.1, -0.05) is 30.3 Å². The molecule has 0 unspecified atom stereocenters. The van der Waals surface area contributed by atoms with Gasteiger partial charge in [0, 0.05) is 6.04 Å². The number of carboxylic acid groups (broad SMARTS) is 1. The minimum atomic E-state index is -0.781. The fourth-order valence-electron chi connectivity index (χ4n) is 2.71. The maximum Gasteiger partial charge on any atom is 0.317 e. The van der Waals surface area contributed by atoms with E-state index in [1.807, 2.05) is 42.3 Å². The molecular weight excluding hydrogens is 242 g/mol. The van der Waals surface area contributed by atoms with Gasteiger partial charge in [-0.25, -0.2) is 0 Å². The van der Waals surface area contributed by atoms with Crippen LogP contribution in [0.15, 0.2) is 30.3 Å². The first kappa shape index (κ1) is 14.0. The molecule has 0 saturated heterocycles. The van der Waals surface area contributed by atoms with Gasteiger partial charge in [-0.15, -0.1) is 0 Å². The summed E-state index contributed by atoms with van der Waals surface area (Å²) in [6, 6.07) is 10.3. The van der Waals surface area contributed by atoms with Gasteiger partial charge in [0.25, 0.3) is 0 Å². The number of benzene rings is 1. The van der Waals surface area contributed by atoms with E-state index < -0.39 is 5.97 Å². The lowest BCUT2D eigenvalue weighted by molar-refractivity contribution is -0.139. The Bertz CT molecular complexity index is 407. The summed E-state index contributed by atoms with van der Waals surface area (Å²) >= 11 is 0. The largest absolute Gasteiger partial charge is 0.480 e. The van der Waals surface area contributed by atoms with Gasteiger partial charge < -0.3 is 9.84 Å². The van der Waals surface area contributed by atoms with Crippen molar-refractivity contribution in [3.05, 3.63) is 35.9 Å². The minimum absolute atomic E-state index is 0.0792. The molecule has 1 saturated carbocycles. The smallest absolute Gasteiger partial charge is 0.317 e. The van der Waals surface area contributed by atoms with Gasteiger partial charge >= 0.3 is 5.97 Å². The Labute approximate surface area is 114 Å². The molecule has 1 aliphatic carbocycles. The molecule has 0 aliphatic heterocycles. The van der Waals surface area contributed by atoms with Crippen molar-refractivity contribution in [2.75, 3.05) is 13.6 Å². The topological polar surface area (TPSA) is 49.8 Å². The van der Waals surface area contributed by atoms with Crippen molar-refractivity contribution in [2.45, 2.75) is 38.0 Å². The minimum Gasteiger partial charge on any atom is -0.480 e. The maximum absolute atomic E-state index is 10.8. The first-order valence-corrected chi connectivity index (χ1v) is 6.74. The molecule has 0 radical (unpaired) electrons. The number of aliphatic carboxylic acids is 1. The molecule has 104 valence electrons. The Kier molecular flexibility index (Phi) is 4.93. The normalized spacial score (nSPS) is 22.8. The van der Waals surface area contributed by atoms with Crippen molar-refractivity contribution in [3.63, 3.8) is 0 Å². The van der Waals surface area contributed by atoms with E-state index in [9.17, 15) is 4.79 Å². The molecular formula is C15H21NO3. The second kappa shape index (κ2) is 6.68. The number of hydrogen-bond donors (Lipinski definition) is 1. The van der Waals surface area contributed by atoms with Crippen LogP contribution >= 0.6 is 0 Å². The third-order valence-electron chi connectivity index (χ3n) is 3.68. The Morgan fingerprint density at radius 3 is 2.79 bits per heavy atom. The summed E-state index contributed by atoms with van der Waals surface area (Å²) in [5.41, 5.74) is 1.16. The van der Waals surface area contributed by atoms with Gasteiger partial charge in [0.2, 0.25) is 0 Å². The second-order valence-corrected chi connectivity index (χ2v) is 5.14. The molecule has 19 heavy (non-hydrogen) atoms. The van der Waals surface area contributed by atoms with E-state index in [4.69, 9.17) is 9.84 Å². The lowest BCUT2D eigenvalue weighted by Gasteiger charge is -2.28. The number of likely N-dealkylation sites (N-methyl/N-ethyl adjacent to an activating group) is 1. The number of nitrogens with zero attached hydrogens (tertiary/aromatic N) is 1. The predicted molar refractivity (Wildman–Crippen MR) is 72.9 cm³/mol. The molecule has 1 aromatic carbocycles. The summed E-state index contributed by atoms with van der Waals surface area (Å²) in [6.45, 7) is 0.679. The molecule has 0 amide bonds. The summed E-state index contributed by atoms with van der Waals surface area (Å²) < 4.78 is 5.97. The van der Waals surface area contributed by atoms with Crippen LogP contribution in [0.2, 0.25) is 0 Å². The molecule has 2 rings (SSSR count). The van der Waals surface area contributed by atoms with Crippen LogP contribution in [-0.2, 0) is 16.1 Å². The Balaban J connectivity index is 1.86. The van der Waals surface area contributed by atoms with Crippen LogP contribution < -0.4 is 0 Å². The first-order valence-electron chi connectivity index (χ1n) is 6.74. The molecule has 1 aliphatic rings. The Hall–Kier alpha value is -1.39. The average molecular weight is 263 g/mol. The second-order valence-electron chi connectivity index (χ2n) is 5.14. The molecule has 0 spiro atoms. The summed E-state index contributed by atoms with van der Waals surface area (Å²) in [5, 5.41) is 8.86. The van der Waals surface area contributed by atoms with Gasteiger partial charge in [-0.2, -0.15) is 0 Å². The quantitative estimate of drug-likeness (QED) is 0.854. The third-order valence-corrected chi connectivity index (χ3v) is 3.68. The van der Waals surface area contributed by atoms with E-state index in [-0.39, 0.29) is 18.7 Å². The van der Waals surface area contributed by atoms with Crippen LogP contribution in [0.1, 0.15) is 24.8 Å². The van der Waals surface area contributed by atoms with Crippen LogP contribution in [0.25, 0.3) is 0 Å². The first-order chi connectivity index (χ1) is 9.16. The average Bonchev–Trinajstić information content (AvgIpc) is 2.85. The van der Waals surface area contributed by atoms with Crippen molar-refractivity contribution in [3.8, 4) is 0 Å². The van der Waals surface area contributed by atoms with Gasteiger partial charge in [-0.3, -0.25) is 9.69 Å². The van der Waals surface area contributed by atoms with E-state index in [1.54, 1.807) is 0 Å². The van der Waals surface area contributed by atoms with E-state index in [0.717, 1.165) is 24.8 Å². The van der Waals surface area contributed by atoms with E-state index in [2.05, 4.69) is 0 Å². The van der Waals surface area contributed by atoms with Crippen LogP contribution in [0.5, 0.6) is 0 Å². The Morgan fingerprint density at radius 1 is 1.37 bits per heavy atom. The van der Waals surface area contributed by atoms with Gasteiger partial charge in [0.05, 0.1) is 19.3 Å². The zero-order valence-electron chi connectivity index (χ0n) is 11.3. The van der Waals surface area contributed by atoms with Crippen molar-refractivity contribution in [1.29, 1.82) is 0 Å². The van der Waals surface area contributed by atoms with Crippen molar-refractivity contribution in [2.24, 2.45) is 0 Å². The zero-order valence-corrected chi connectivity index (χ0v) is 11.3. The van der Waals surface area contributed by atoms with Crippen LogP contribution in [0.3, 0.4) is 0 Å². The summed E-state index contributed by atoms with van der Waals surface area (Å²) in [7, 11) is 1.86. The highest BCUT2D eigenvalue weighted by Crippen LogP contribution is 2.26. The molecule has 1 aromatic rings. The number of ether oxygens (including phenoxy) is 1. The molecule has 4 nitrogen and oxygen atoms in total. The number of rotatable bonds is 6. The molecule has 1 fully saturated rings. The standard InChI is InChI=1S/C15H21NO3/c1-16(10-15(17)18)13-8-5-9-14(13)19-11-12-6-3-2-4-7-12/h2-4,6-7,13-14H,5,8-11H2,1H3,(H,17,18)/t13-,14-/m1/s1. The van der Waals surface area contributed by atoms with Crippen molar-refractivity contribution in [1.82, 2.24) is 4.90 Å². The number of hydrogen-bond acceptors (Lipinski definition) is 3. The molecule has 2 atom stereocenters. The number of carbonyl (C=O) groups is 1.